The molecule has 0 aliphatic carbocycles. The molecule has 0 spiro atoms. The average molecular weight is 462 g/mol. The van der Waals surface area contributed by atoms with Crippen LogP contribution in [-0.4, -0.2) is 75.1 Å². The third-order valence-corrected chi connectivity index (χ3v) is 5.43. The molecule has 5 unspecified atom stereocenters. The van der Waals surface area contributed by atoms with Crippen LogP contribution in [-0.2, 0) is 4.74 Å². The Morgan fingerprint density at radius 2 is 1.67 bits per heavy atom. The highest BCUT2D eigenvalue weighted by Gasteiger charge is 2.44. The summed E-state index contributed by atoms with van der Waals surface area (Å²) in [6, 6.07) is 6.69. The van der Waals surface area contributed by atoms with E-state index in [4.69, 9.17) is 18.6 Å². The van der Waals surface area contributed by atoms with E-state index in [1.54, 1.807) is 6.07 Å². The summed E-state index contributed by atoms with van der Waals surface area (Å²) in [7, 11) is 1.43. The van der Waals surface area contributed by atoms with Gasteiger partial charge in [0, 0.05) is 23.8 Å². The molecule has 6 N–H and O–H groups in total. The molecular formula is C22H22O11. The van der Waals surface area contributed by atoms with E-state index in [9.17, 15) is 35.4 Å². The first-order valence-electron chi connectivity index (χ1n) is 9.88. The number of hydrogen-bond acceptors (Lipinski definition) is 11. The van der Waals surface area contributed by atoms with Crippen molar-refractivity contribution in [1.29, 1.82) is 0 Å². The van der Waals surface area contributed by atoms with Gasteiger partial charge < -0.3 is 49.3 Å². The van der Waals surface area contributed by atoms with Gasteiger partial charge in [-0.15, -0.1) is 0 Å². The van der Waals surface area contributed by atoms with E-state index in [2.05, 4.69) is 0 Å². The van der Waals surface area contributed by atoms with Crippen LogP contribution in [0.2, 0.25) is 0 Å². The van der Waals surface area contributed by atoms with Crippen LogP contribution in [0.25, 0.3) is 22.1 Å². The zero-order chi connectivity index (χ0) is 23.9. The van der Waals surface area contributed by atoms with Crippen LogP contribution in [0, 0.1) is 0 Å². The summed E-state index contributed by atoms with van der Waals surface area (Å²) in [6.07, 6.45) is -6.41. The summed E-state index contributed by atoms with van der Waals surface area (Å²) in [5.41, 5.74) is -0.502. The molecular weight excluding hydrogens is 440 g/mol. The minimum atomic E-state index is -1.66. The summed E-state index contributed by atoms with van der Waals surface area (Å²) in [6.45, 7) is -0.635. The minimum absolute atomic E-state index is 0.000514. The summed E-state index contributed by atoms with van der Waals surface area (Å²) >= 11 is 0. The largest absolute Gasteiger partial charge is 0.507 e. The lowest BCUT2D eigenvalue weighted by molar-refractivity contribution is -0.277. The summed E-state index contributed by atoms with van der Waals surface area (Å²) in [5.74, 6) is -0.412. The van der Waals surface area contributed by atoms with Crippen molar-refractivity contribution in [1.82, 2.24) is 0 Å². The van der Waals surface area contributed by atoms with Gasteiger partial charge in [-0.1, -0.05) is 0 Å². The fraction of sp³-hybridized carbons (Fsp3) is 0.318. The number of benzene rings is 2. The molecule has 1 fully saturated rings. The molecule has 1 saturated heterocycles. The number of rotatable bonds is 5. The van der Waals surface area contributed by atoms with Crippen molar-refractivity contribution in [3.8, 4) is 34.1 Å². The van der Waals surface area contributed by atoms with Gasteiger partial charge in [0.05, 0.1) is 19.3 Å². The lowest BCUT2D eigenvalue weighted by atomic mass is 9.99. The van der Waals surface area contributed by atoms with E-state index in [0.29, 0.717) is 5.75 Å². The van der Waals surface area contributed by atoms with Gasteiger partial charge in [0.25, 0.3) is 0 Å². The van der Waals surface area contributed by atoms with Crippen molar-refractivity contribution in [3.63, 3.8) is 0 Å². The highest BCUT2D eigenvalue weighted by molar-refractivity contribution is 5.88. The first-order chi connectivity index (χ1) is 15.7. The van der Waals surface area contributed by atoms with Gasteiger partial charge in [0.2, 0.25) is 11.7 Å². The fourth-order valence-electron chi connectivity index (χ4n) is 3.63. The summed E-state index contributed by atoms with van der Waals surface area (Å²) < 4.78 is 21.3. The summed E-state index contributed by atoms with van der Waals surface area (Å²) in [5, 5.41) is 59.7. The van der Waals surface area contributed by atoms with E-state index >= 15 is 0 Å². The van der Waals surface area contributed by atoms with Gasteiger partial charge in [0.15, 0.2) is 0 Å². The minimum Gasteiger partial charge on any atom is -0.507 e. The molecule has 0 saturated carbocycles. The van der Waals surface area contributed by atoms with Crippen molar-refractivity contribution in [2.24, 2.45) is 0 Å². The second-order valence-corrected chi connectivity index (χ2v) is 7.49. The highest BCUT2D eigenvalue weighted by atomic mass is 16.7. The van der Waals surface area contributed by atoms with Gasteiger partial charge in [-0.05, 0) is 12.1 Å². The number of aromatic hydroxyl groups is 2. The Balaban J connectivity index is 1.69. The number of aliphatic hydroxyl groups is 4. The molecule has 5 atom stereocenters. The van der Waals surface area contributed by atoms with E-state index in [0.717, 1.165) is 12.3 Å². The summed E-state index contributed by atoms with van der Waals surface area (Å²) in [4.78, 5) is 13.0. The zero-order valence-electron chi connectivity index (χ0n) is 17.3. The zero-order valence-corrected chi connectivity index (χ0v) is 17.3. The predicted molar refractivity (Wildman–Crippen MR) is 112 cm³/mol. The monoisotopic (exact) mass is 462 g/mol. The third kappa shape index (κ3) is 4.08. The van der Waals surface area contributed by atoms with E-state index in [1.807, 2.05) is 0 Å². The molecule has 4 rings (SSSR count). The van der Waals surface area contributed by atoms with Crippen molar-refractivity contribution in [2.75, 3.05) is 13.7 Å². The van der Waals surface area contributed by atoms with Crippen molar-refractivity contribution >= 4 is 11.0 Å². The molecule has 33 heavy (non-hydrogen) atoms. The van der Waals surface area contributed by atoms with Crippen LogP contribution < -0.4 is 14.9 Å². The second-order valence-electron chi connectivity index (χ2n) is 7.49. The van der Waals surface area contributed by atoms with E-state index in [-0.39, 0.29) is 33.6 Å². The first-order valence-corrected chi connectivity index (χ1v) is 9.88. The Morgan fingerprint density at radius 1 is 0.939 bits per heavy atom. The van der Waals surface area contributed by atoms with Crippen LogP contribution in [0.3, 0.4) is 0 Å². The molecule has 0 radical (unpaired) electrons. The van der Waals surface area contributed by atoms with Gasteiger partial charge in [-0.25, -0.2) is 0 Å². The number of phenols is 2. The second kappa shape index (κ2) is 8.89. The van der Waals surface area contributed by atoms with E-state index < -0.39 is 48.5 Å². The van der Waals surface area contributed by atoms with Crippen molar-refractivity contribution < 1.29 is 49.3 Å². The van der Waals surface area contributed by atoms with Crippen LogP contribution in [0.5, 0.6) is 23.0 Å². The number of methoxy groups -OCH3 is 1. The molecule has 0 bridgehead atoms. The quantitative estimate of drug-likeness (QED) is 0.302. The number of aliphatic hydroxyl groups excluding tert-OH is 4. The lowest BCUT2D eigenvalue weighted by Crippen LogP contribution is -2.60. The maximum atomic E-state index is 13.0. The standard InChI is InChI=1S/C22H22O11/c1-30-9-2-3-11(13(24)4-9)12-8-31-15-6-10(5-14(25)17(15)18(12)26)32-22-21(29)20(28)19(27)16(7-23)33-22/h2-6,8,16,19-25,27-29H,7H2,1H3. The maximum Gasteiger partial charge on any atom is 0.229 e. The third-order valence-electron chi connectivity index (χ3n) is 5.43. The van der Waals surface area contributed by atoms with Crippen LogP contribution >= 0.6 is 0 Å². The van der Waals surface area contributed by atoms with Gasteiger partial charge in [-0.3, -0.25) is 4.79 Å². The average Bonchev–Trinajstić information content (AvgIpc) is 2.79. The normalized spacial score (nSPS) is 25.2. The molecule has 2 aromatic carbocycles. The molecule has 2 heterocycles. The lowest BCUT2D eigenvalue weighted by Gasteiger charge is -2.39. The van der Waals surface area contributed by atoms with Gasteiger partial charge in [-0.2, -0.15) is 0 Å². The number of fused-ring (bicyclic) bond motifs is 1. The van der Waals surface area contributed by atoms with Crippen LogP contribution in [0.15, 0.2) is 45.8 Å². The molecule has 1 aromatic heterocycles. The Kier molecular flexibility index (Phi) is 6.15. The molecule has 11 nitrogen and oxygen atoms in total. The molecule has 3 aromatic rings. The van der Waals surface area contributed by atoms with Gasteiger partial charge >= 0.3 is 0 Å². The Hall–Kier alpha value is -3.35. The number of phenolic OH excluding ortho intramolecular Hbond substituents is 2. The highest BCUT2D eigenvalue weighted by Crippen LogP contribution is 2.35. The smallest absolute Gasteiger partial charge is 0.229 e. The molecule has 11 heteroatoms. The Labute approximate surface area is 186 Å². The fourth-order valence-corrected chi connectivity index (χ4v) is 3.63. The molecule has 176 valence electrons. The molecule has 1 aliphatic heterocycles. The molecule has 1 aliphatic rings. The number of ether oxygens (including phenoxy) is 3. The van der Waals surface area contributed by atoms with Crippen molar-refractivity contribution in [3.05, 3.63) is 46.8 Å². The Morgan fingerprint density at radius 3 is 2.33 bits per heavy atom. The van der Waals surface area contributed by atoms with Gasteiger partial charge in [0.1, 0.15) is 64.6 Å². The van der Waals surface area contributed by atoms with Crippen molar-refractivity contribution in [2.45, 2.75) is 30.7 Å². The number of hydrogen-bond donors (Lipinski definition) is 6. The van der Waals surface area contributed by atoms with E-state index in [1.165, 1.54) is 25.3 Å². The predicted octanol–water partition coefficient (Wildman–Crippen LogP) is 0.0585. The molecule has 0 amide bonds. The van der Waals surface area contributed by atoms with Crippen LogP contribution in [0.1, 0.15) is 0 Å². The maximum absolute atomic E-state index is 13.0. The SMILES string of the molecule is COc1ccc(-c2coc3cc(OC4OC(CO)C(O)C(O)C4O)cc(O)c3c2=O)c(O)c1. The first kappa shape index (κ1) is 22.8. The topological polar surface area (TPSA) is 179 Å². The van der Waals surface area contributed by atoms with Crippen LogP contribution in [0.4, 0.5) is 0 Å². The Bertz CT molecular complexity index is 1220.